The SMILES string of the molecule is CCc1cc(CC(N)C(N)=O)n(C)n1. The van der Waals surface area contributed by atoms with Crippen LogP contribution in [0.3, 0.4) is 0 Å². The molecule has 0 saturated heterocycles. The maximum atomic E-state index is 10.8. The van der Waals surface area contributed by atoms with E-state index in [0.717, 1.165) is 17.8 Å². The van der Waals surface area contributed by atoms with Crippen LogP contribution in [0.5, 0.6) is 0 Å². The van der Waals surface area contributed by atoms with Gasteiger partial charge in [0.05, 0.1) is 11.7 Å². The average Bonchev–Trinajstić information content (AvgIpc) is 2.47. The Hall–Kier alpha value is -1.36. The van der Waals surface area contributed by atoms with Crippen LogP contribution in [0.1, 0.15) is 18.3 Å². The van der Waals surface area contributed by atoms with Crippen molar-refractivity contribution in [2.75, 3.05) is 0 Å². The molecule has 0 aromatic carbocycles. The molecule has 1 heterocycles. The lowest BCUT2D eigenvalue weighted by Crippen LogP contribution is -2.38. The molecule has 1 amide bonds. The van der Waals surface area contributed by atoms with Gasteiger partial charge in [-0.15, -0.1) is 0 Å². The number of hydrogen-bond acceptors (Lipinski definition) is 3. The summed E-state index contributed by atoms with van der Waals surface area (Å²) in [4.78, 5) is 10.8. The second-order valence-corrected chi connectivity index (χ2v) is 3.32. The van der Waals surface area contributed by atoms with Crippen molar-refractivity contribution in [2.45, 2.75) is 25.8 Å². The second kappa shape index (κ2) is 4.23. The molecule has 4 N–H and O–H groups in total. The van der Waals surface area contributed by atoms with E-state index in [1.807, 2.05) is 20.0 Å². The first-order valence-electron chi connectivity index (χ1n) is 4.61. The highest BCUT2D eigenvalue weighted by molar-refractivity contribution is 5.79. The number of carbonyl (C=O) groups is 1. The molecule has 0 aliphatic carbocycles. The first kappa shape index (κ1) is 10.7. The van der Waals surface area contributed by atoms with E-state index in [1.54, 1.807) is 4.68 Å². The molecule has 0 saturated carbocycles. The van der Waals surface area contributed by atoms with Crippen molar-refractivity contribution in [1.82, 2.24) is 9.78 Å². The third-order valence-electron chi connectivity index (χ3n) is 2.18. The zero-order chi connectivity index (χ0) is 10.7. The van der Waals surface area contributed by atoms with Gasteiger partial charge in [-0.05, 0) is 12.5 Å². The van der Waals surface area contributed by atoms with Crippen molar-refractivity contribution < 1.29 is 4.79 Å². The molecular formula is C9H16N4O. The van der Waals surface area contributed by atoms with Crippen LogP contribution >= 0.6 is 0 Å². The van der Waals surface area contributed by atoms with Crippen LogP contribution in [0.25, 0.3) is 0 Å². The van der Waals surface area contributed by atoms with Gasteiger partial charge in [-0.1, -0.05) is 6.92 Å². The zero-order valence-corrected chi connectivity index (χ0v) is 8.53. The van der Waals surface area contributed by atoms with Crippen molar-refractivity contribution in [3.8, 4) is 0 Å². The van der Waals surface area contributed by atoms with Crippen LogP contribution < -0.4 is 11.5 Å². The third kappa shape index (κ3) is 2.32. The van der Waals surface area contributed by atoms with Gasteiger partial charge in [0.2, 0.25) is 5.91 Å². The minimum atomic E-state index is -0.630. The molecule has 1 unspecified atom stereocenters. The largest absolute Gasteiger partial charge is 0.368 e. The van der Waals surface area contributed by atoms with Crippen LogP contribution in [0.2, 0.25) is 0 Å². The summed E-state index contributed by atoms with van der Waals surface area (Å²) < 4.78 is 1.74. The quantitative estimate of drug-likeness (QED) is 0.670. The van der Waals surface area contributed by atoms with E-state index in [0.29, 0.717) is 6.42 Å². The Morgan fingerprint density at radius 1 is 1.71 bits per heavy atom. The maximum Gasteiger partial charge on any atom is 0.234 e. The Morgan fingerprint density at radius 3 is 2.79 bits per heavy atom. The summed E-state index contributed by atoms with van der Waals surface area (Å²) >= 11 is 0. The van der Waals surface area contributed by atoms with E-state index in [9.17, 15) is 4.79 Å². The van der Waals surface area contributed by atoms with Crippen molar-refractivity contribution in [3.63, 3.8) is 0 Å². The molecule has 0 fully saturated rings. The van der Waals surface area contributed by atoms with Crippen LogP contribution in [0, 0.1) is 0 Å². The number of hydrogen-bond donors (Lipinski definition) is 2. The fourth-order valence-corrected chi connectivity index (χ4v) is 1.26. The number of carbonyl (C=O) groups excluding carboxylic acids is 1. The standard InChI is InChI=1S/C9H16N4O/c1-3-6-4-7(13(2)12-6)5-8(10)9(11)14/h4,8H,3,5,10H2,1-2H3,(H2,11,14). The molecule has 0 aliphatic heterocycles. The minimum absolute atomic E-state index is 0.443. The summed E-state index contributed by atoms with van der Waals surface area (Å²) in [6.07, 6.45) is 1.32. The van der Waals surface area contributed by atoms with Gasteiger partial charge in [0.25, 0.3) is 0 Å². The molecule has 5 nitrogen and oxygen atoms in total. The monoisotopic (exact) mass is 196 g/mol. The molecule has 14 heavy (non-hydrogen) atoms. The highest BCUT2D eigenvalue weighted by Gasteiger charge is 2.13. The number of rotatable bonds is 4. The van der Waals surface area contributed by atoms with Crippen LogP contribution in [-0.4, -0.2) is 21.7 Å². The summed E-state index contributed by atoms with van der Waals surface area (Å²) in [6, 6.07) is 1.32. The number of aromatic nitrogens is 2. The van der Waals surface area contributed by atoms with Crippen molar-refractivity contribution >= 4 is 5.91 Å². The van der Waals surface area contributed by atoms with Gasteiger partial charge in [0.1, 0.15) is 0 Å². The zero-order valence-electron chi connectivity index (χ0n) is 8.53. The highest BCUT2D eigenvalue weighted by Crippen LogP contribution is 2.05. The fourth-order valence-electron chi connectivity index (χ4n) is 1.26. The van der Waals surface area contributed by atoms with E-state index in [2.05, 4.69) is 5.10 Å². The number of aryl methyl sites for hydroxylation is 2. The lowest BCUT2D eigenvalue weighted by atomic mass is 10.1. The Balaban J connectivity index is 2.75. The minimum Gasteiger partial charge on any atom is -0.368 e. The summed E-state index contributed by atoms with van der Waals surface area (Å²) in [7, 11) is 1.84. The Morgan fingerprint density at radius 2 is 2.36 bits per heavy atom. The molecule has 0 radical (unpaired) electrons. The van der Waals surface area contributed by atoms with Crippen LogP contribution in [0.4, 0.5) is 0 Å². The first-order valence-corrected chi connectivity index (χ1v) is 4.61. The van der Waals surface area contributed by atoms with Gasteiger partial charge >= 0.3 is 0 Å². The summed E-state index contributed by atoms with van der Waals surface area (Å²) in [5.74, 6) is -0.482. The molecule has 5 heteroatoms. The lowest BCUT2D eigenvalue weighted by Gasteiger charge is -2.06. The molecule has 0 spiro atoms. The van der Waals surface area contributed by atoms with Crippen molar-refractivity contribution in [3.05, 3.63) is 17.5 Å². The smallest absolute Gasteiger partial charge is 0.234 e. The first-order chi connectivity index (χ1) is 6.54. The second-order valence-electron chi connectivity index (χ2n) is 3.32. The van der Waals surface area contributed by atoms with E-state index in [1.165, 1.54) is 0 Å². The number of primary amides is 1. The molecule has 1 aromatic heterocycles. The molecule has 0 bridgehead atoms. The van der Waals surface area contributed by atoms with E-state index in [4.69, 9.17) is 11.5 Å². The van der Waals surface area contributed by atoms with Gasteiger partial charge in [0, 0.05) is 19.2 Å². The number of nitrogens with two attached hydrogens (primary N) is 2. The summed E-state index contributed by atoms with van der Waals surface area (Å²) in [5, 5.41) is 4.25. The Kier molecular flexibility index (Phi) is 3.24. The van der Waals surface area contributed by atoms with Gasteiger partial charge < -0.3 is 11.5 Å². The molecule has 78 valence electrons. The van der Waals surface area contributed by atoms with Crippen LogP contribution in [0.15, 0.2) is 6.07 Å². The van der Waals surface area contributed by atoms with Crippen LogP contribution in [-0.2, 0) is 24.7 Å². The topological polar surface area (TPSA) is 86.9 Å². The Bertz CT molecular complexity index is 332. The average molecular weight is 196 g/mol. The lowest BCUT2D eigenvalue weighted by molar-refractivity contribution is -0.119. The van der Waals surface area contributed by atoms with E-state index >= 15 is 0 Å². The van der Waals surface area contributed by atoms with Gasteiger partial charge in [0.15, 0.2) is 0 Å². The molecule has 1 rings (SSSR count). The van der Waals surface area contributed by atoms with Crippen molar-refractivity contribution in [2.24, 2.45) is 18.5 Å². The third-order valence-corrected chi connectivity index (χ3v) is 2.18. The van der Waals surface area contributed by atoms with Gasteiger partial charge in [-0.3, -0.25) is 9.48 Å². The van der Waals surface area contributed by atoms with Gasteiger partial charge in [-0.25, -0.2) is 0 Å². The number of nitrogens with zero attached hydrogens (tertiary/aromatic N) is 2. The van der Waals surface area contributed by atoms with E-state index in [-0.39, 0.29) is 0 Å². The molecule has 1 atom stereocenters. The van der Waals surface area contributed by atoms with E-state index < -0.39 is 11.9 Å². The molecular weight excluding hydrogens is 180 g/mol. The Labute approximate surface area is 83.1 Å². The number of amides is 1. The normalized spacial score (nSPS) is 12.8. The summed E-state index contributed by atoms with van der Waals surface area (Å²) in [6.45, 7) is 2.03. The molecule has 0 aliphatic rings. The predicted molar refractivity (Wildman–Crippen MR) is 53.5 cm³/mol. The maximum absolute atomic E-state index is 10.8. The fraction of sp³-hybridized carbons (Fsp3) is 0.556. The van der Waals surface area contributed by atoms with Gasteiger partial charge in [-0.2, -0.15) is 5.10 Å². The highest BCUT2D eigenvalue weighted by atomic mass is 16.1. The predicted octanol–water partition coefficient (Wildman–Crippen LogP) is -0.662. The van der Waals surface area contributed by atoms with Crippen molar-refractivity contribution in [1.29, 1.82) is 0 Å². The summed E-state index contributed by atoms with van der Waals surface area (Å²) in [5.41, 5.74) is 12.6. The molecule has 1 aromatic rings.